The average molecular weight is 342 g/mol. The molecule has 1 aliphatic rings. The lowest BCUT2D eigenvalue weighted by molar-refractivity contribution is 0.103. The topological polar surface area (TPSA) is 17.1 Å². The lowest BCUT2D eigenvalue weighted by Crippen LogP contribution is -2.13. The molecule has 25 heavy (non-hydrogen) atoms. The van der Waals surface area contributed by atoms with Crippen LogP contribution in [0.1, 0.15) is 32.3 Å². The summed E-state index contributed by atoms with van der Waals surface area (Å²) in [7, 11) is 0. The molecular weight excluding hydrogens is 324 g/mol. The van der Waals surface area contributed by atoms with Crippen molar-refractivity contribution in [1.82, 2.24) is 0 Å². The van der Waals surface area contributed by atoms with Gasteiger partial charge in [-0.25, -0.2) is 0 Å². The highest BCUT2D eigenvalue weighted by molar-refractivity contribution is 8.00. The van der Waals surface area contributed by atoms with Gasteiger partial charge in [-0.1, -0.05) is 78.4 Å². The largest absolute Gasteiger partial charge is 0.289 e. The maximum Gasteiger partial charge on any atom is 0.190 e. The van der Waals surface area contributed by atoms with Gasteiger partial charge >= 0.3 is 0 Å². The Bertz CT molecular complexity index is 939. The van der Waals surface area contributed by atoms with Crippen LogP contribution in [-0.2, 0) is 0 Å². The standard InChI is InChI=1S/C23H18OS/c1-16-11-13-18(14-12-16)23-20(22(24)17-7-3-2-4-8-17)15-19-9-5-6-10-21(19)25-23/h2-15,23H,1H3. The Hall–Kier alpha value is -2.58. The van der Waals surface area contributed by atoms with Gasteiger partial charge in [0.05, 0.1) is 5.25 Å². The van der Waals surface area contributed by atoms with Gasteiger partial charge in [-0.2, -0.15) is 0 Å². The molecule has 0 saturated heterocycles. The molecule has 122 valence electrons. The minimum absolute atomic E-state index is 0.0169. The van der Waals surface area contributed by atoms with Crippen molar-refractivity contribution in [3.05, 3.63) is 107 Å². The fourth-order valence-electron chi connectivity index (χ4n) is 3.07. The summed E-state index contributed by atoms with van der Waals surface area (Å²) in [5, 5.41) is 0.0169. The summed E-state index contributed by atoms with van der Waals surface area (Å²) in [4.78, 5) is 14.4. The van der Waals surface area contributed by atoms with Crippen LogP contribution in [0.2, 0.25) is 0 Å². The number of carbonyl (C=O) groups is 1. The summed E-state index contributed by atoms with van der Waals surface area (Å²) in [6, 6.07) is 26.3. The predicted octanol–water partition coefficient (Wildman–Crippen LogP) is 6.11. The van der Waals surface area contributed by atoms with Crippen LogP contribution in [0.25, 0.3) is 6.08 Å². The van der Waals surface area contributed by atoms with E-state index >= 15 is 0 Å². The highest BCUT2D eigenvalue weighted by Gasteiger charge is 2.28. The van der Waals surface area contributed by atoms with Crippen LogP contribution in [0.4, 0.5) is 0 Å². The number of hydrogen-bond acceptors (Lipinski definition) is 2. The first kappa shape index (κ1) is 15.9. The Morgan fingerprint density at radius 3 is 2.28 bits per heavy atom. The molecule has 0 amide bonds. The van der Waals surface area contributed by atoms with Gasteiger partial charge in [0.15, 0.2) is 5.78 Å². The molecule has 0 N–H and O–H groups in total. The number of thioether (sulfide) groups is 1. The number of rotatable bonds is 3. The lowest BCUT2D eigenvalue weighted by atomic mass is 9.93. The summed E-state index contributed by atoms with van der Waals surface area (Å²) in [6.45, 7) is 2.08. The molecule has 0 aromatic heterocycles. The van der Waals surface area contributed by atoms with Crippen molar-refractivity contribution < 1.29 is 4.79 Å². The third kappa shape index (κ3) is 3.18. The van der Waals surface area contributed by atoms with Gasteiger partial charge in [-0.15, -0.1) is 11.8 Å². The minimum atomic E-state index is 0.0169. The Labute approximate surface area is 152 Å². The van der Waals surface area contributed by atoms with Crippen LogP contribution in [0.5, 0.6) is 0 Å². The zero-order valence-corrected chi connectivity index (χ0v) is 14.8. The molecule has 0 radical (unpaired) electrons. The van der Waals surface area contributed by atoms with Gasteiger partial charge in [0.25, 0.3) is 0 Å². The quantitative estimate of drug-likeness (QED) is 0.534. The molecule has 2 heteroatoms. The van der Waals surface area contributed by atoms with E-state index in [4.69, 9.17) is 0 Å². The van der Waals surface area contributed by atoms with Crippen LogP contribution in [-0.4, -0.2) is 5.78 Å². The second kappa shape index (κ2) is 6.73. The second-order valence-corrected chi connectivity index (χ2v) is 7.39. The smallest absolute Gasteiger partial charge is 0.190 e. The Morgan fingerprint density at radius 1 is 0.840 bits per heavy atom. The van der Waals surface area contributed by atoms with Crippen molar-refractivity contribution in [2.75, 3.05) is 0 Å². The second-order valence-electron chi connectivity index (χ2n) is 6.24. The molecule has 1 nitrogen and oxygen atoms in total. The fourth-order valence-corrected chi connectivity index (χ4v) is 4.34. The van der Waals surface area contributed by atoms with Crippen LogP contribution in [0.15, 0.2) is 89.3 Å². The molecule has 1 aliphatic heterocycles. The molecular formula is C23H18OS. The number of carbonyl (C=O) groups excluding carboxylic acids is 1. The third-order valence-corrected chi connectivity index (χ3v) is 5.82. The third-order valence-electron chi connectivity index (χ3n) is 4.44. The van der Waals surface area contributed by atoms with Crippen LogP contribution >= 0.6 is 11.8 Å². The monoisotopic (exact) mass is 342 g/mol. The van der Waals surface area contributed by atoms with Crippen molar-refractivity contribution in [3.63, 3.8) is 0 Å². The first-order valence-corrected chi connectivity index (χ1v) is 9.24. The van der Waals surface area contributed by atoms with E-state index < -0.39 is 0 Å². The molecule has 0 bridgehead atoms. The first-order chi connectivity index (χ1) is 12.2. The maximum absolute atomic E-state index is 13.2. The van der Waals surface area contributed by atoms with Crippen molar-refractivity contribution in [2.24, 2.45) is 0 Å². The Morgan fingerprint density at radius 2 is 1.52 bits per heavy atom. The van der Waals surface area contributed by atoms with Crippen molar-refractivity contribution in [2.45, 2.75) is 17.1 Å². The van der Waals surface area contributed by atoms with Gasteiger partial charge in [0.2, 0.25) is 0 Å². The molecule has 3 aromatic rings. The van der Waals surface area contributed by atoms with Crippen LogP contribution in [0, 0.1) is 6.92 Å². The highest BCUT2D eigenvalue weighted by Crippen LogP contribution is 2.47. The van der Waals surface area contributed by atoms with Crippen molar-refractivity contribution >= 4 is 23.6 Å². The number of aryl methyl sites for hydroxylation is 1. The molecule has 1 heterocycles. The maximum atomic E-state index is 13.2. The number of ketones is 1. The summed E-state index contributed by atoms with van der Waals surface area (Å²) < 4.78 is 0. The normalized spacial score (nSPS) is 16.0. The number of fused-ring (bicyclic) bond motifs is 1. The van der Waals surface area contributed by atoms with Gasteiger partial charge in [-0.3, -0.25) is 4.79 Å². The van der Waals surface area contributed by atoms with Crippen LogP contribution < -0.4 is 0 Å². The number of hydrogen-bond donors (Lipinski definition) is 0. The van der Waals surface area contributed by atoms with Crippen LogP contribution in [0.3, 0.4) is 0 Å². The van der Waals surface area contributed by atoms with E-state index in [1.807, 2.05) is 36.4 Å². The average Bonchev–Trinajstić information content (AvgIpc) is 2.68. The van der Waals surface area contributed by atoms with E-state index in [9.17, 15) is 4.79 Å². The van der Waals surface area contributed by atoms with E-state index in [0.29, 0.717) is 0 Å². The zero-order valence-electron chi connectivity index (χ0n) is 14.0. The van der Waals surface area contributed by atoms with E-state index in [1.165, 1.54) is 16.0 Å². The van der Waals surface area contributed by atoms with Gasteiger partial charge in [-0.05, 0) is 30.2 Å². The molecule has 0 aliphatic carbocycles. The summed E-state index contributed by atoms with van der Waals surface area (Å²) in [5.74, 6) is 0.105. The van der Waals surface area contributed by atoms with E-state index in [2.05, 4.69) is 55.5 Å². The summed E-state index contributed by atoms with van der Waals surface area (Å²) in [6.07, 6.45) is 2.06. The van der Waals surface area contributed by atoms with E-state index in [-0.39, 0.29) is 11.0 Å². The molecule has 3 aromatic carbocycles. The molecule has 0 saturated carbocycles. The Balaban J connectivity index is 1.82. The van der Waals surface area contributed by atoms with Gasteiger partial charge < -0.3 is 0 Å². The van der Waals surface area contributed by atoms with Crippen molar-refractivity contribution in [3.8, 4) is 0 Å². The number of benzene rings is 3. The SMILES string of the molecule is Cc1ccc(C2Sc3ccccc3C=C2C(=O)c2ccccc2)cc1. The zero-order chi connectivity index (χ0) is 17.2. The van der Waals surface area contributed by atoms with E-state index in [0.717, 1.165) is 16.7 Å². The van der Waals surface area contributed by atoms with E-state index in [1.54, 1.807) is 11.8 Å². The summed E-state index contributed by atoms with van der Waals surface area (Å²) in [5.41, 5.74) is 5.10. The molecule has 0 spiro atoms. The molecule has 4 rings (SSSR count). The van der Waals surface area contributed by atoms with Gasteiger partial charge in [0.1, 0.15) is 0 Å². The predicted molar refractivity (Wildman–Crippen MR) is 105 cm³/mol. The lowest BCUT2D eigenvalue weighted by Gasteiger charge is -2.25. The van der Waals surface area contributed by atoms with Crippen molar-refractivity contribution in [1.29, 1.82) is 0 Å². The van der Waals surface area contributed by atoms with Gasteiger partial charge in [0, 0.05) is 16.0 Å². The molecule has 1 atom stereocenters. The number of Topliss-reactive ketones (excluding diaryl/α,β-unsaturated/α-hetero) is 1. The molecule has 0 fully saturated rings. The molecule has 1 unspecified atom stereocenters. The highest BCUT2D eigenvalue weighted by atomic mass is 32.2. The summed E-state index contributed by atoms with van der Waals surface area (Å²) >= 11 is 1.76. The fraction of sp³-hybridized carbons (Fsp3) is 0.0870. The minimum Gasteiger partial charge on any atom is -0.289 e. The Kier molecular flexibility index (Phi) is 4.29. The first-order valence-electron chi connectivity index (χ1n) is 8.36.